The van der Waals surface area contributed by atoms with Crippen LogP contribution in [0.15, 0.2) is 16.8 Å². The SMILES string of the molecule is C#C[C@@]1(O)CC[C@H]2[C@@H]3CCC4=C/C(=N/OCC(=O)N[C@@H](C(=O)N[C@@H](CS)CC(=O)O)C(C)C)CC[C@]4(C)[C@H]3CC[C@@]21C. The van der Waals surface area contributed by atoms with Crippen LogP contribution in [0.1, 0.15) is 85.5 Å². The van der Waals surface area contributed by atoms with Crippen molar-refractivity contribution in [1.82, 2.24) is 10.6 Å². The second kappa shape index (κ2) is 12.6. The third kappa shape index (κ3) is 6.10. The zero-order chi connectivity index (χ0) is 30.9. The Hall–Kier alpha value is -2.51. The van der Waals surface area contributed by atoms with Crippen molar-refractivity contribution in [1.29, 1.82) is 0 Å². The summed E-state index contributed by atoms with van der Waals surface area (Å²) in [5, 5.41) is 29.9. The number of nitrogens with one attached hydrogen (secondary N) is 2. The van der Waals surface area contributed by atoms with Gasteiger partial charge in [-0.15, -0.1) is 6.42 Å². The van der Waals surface area contributed by atoms with E-state index in [4.69, 9.17) is 16.4 Å². The summed E-state index contributed by atoms with van der Waals surface area (Å²) in [4.78, 5) is 41.8. The van der Waals surface area contributed by atoms with Crippen LogP contribution in [0.3, 0.4) is 0 Å². The molecule has 8 atom stereocenters. The van der Waals surface area contributed by atoms with Crippen LogP contribution in [-0.4, -0.2) is 63.8 Å². The van der Waals surface area contributed by atoms with Gasteiger partial charge in [0.05, 0.1) is 12.1 Å². The van der Waals surface area contributed by atoms with Crippen LogP contribution >= 0.6 is 12.6 Å². The van der Waals surface area contributed by atoms with Gasteiger partial charge < -0.3 is 25.7 Å². The van der Waals surface area contributed by atoms with E-state index in [2.05, 4.69) is 54.3 Å². The Kier molecular flexibility index (Phi) is 9.73. The molecule has 4 aliphatic carbocycles. The normalized spacial score (nSPS) is 36.0. The van der Waals surface area contributed by atoms with Crippen LogP contribution in [0, 0.1) is 46.8 Å². The van der Waals surface area contributed by atoms with Crippen LogP contribution in [0.4, 0.5) is 0 Å². The van der Waals surface area contributed by atoms with Gasteiger partial charge in [-0.25, -0.2) is 0 Å². The summed E-state index contributed by atoms with van der Waals surface area (Å²) in [5.41, 5.74) is 1.09. The zero-order valence-corrected chi connectivity index (χ0v) is 26.2. The molecule has 42 heavy (non-hydrogen) atoms. The summed E-state index contributed by atoms with van der Waals surface area (Å²) >= 11 is 4.11. The number of thiol groups is 1. The zero-order valence-electron chi connectivity index (χ0n) is 25.3. The minimum Gasteiger partial charge on any atom is -0.481 e. The quantitative estimate of drug-likeness (QED) is 0.147. The van der Waals surface area contributed by atoms with Crippen molar-refractivity contribution in [2.24, 2.45) is 39.7 Å². The van der Waals surface area contributed by atoms with Crippen LogP contribution in [-0.2, 0) is 19.2 Å². The molecular weight excluding hydrogens is 554 g/mol. The third-order valence-electron chi connectivity index (χ3n) is 11.0. The largest absolute Gasteiger partial charge is 0.481 e. The number of oxime groups is 1. The van der Waals surface area contributed by atoms with Crippen molar-refractivity contribution in [3.05, 3.63) is 11.6 Å². The van der Waals surface area contributed by atoms with Crippen molar-refractivity contribution < 1.29 is 29.4 Å². The first kappa shape index (κ1) is 32.4. The predicted molar refractivity (Wildman–Crippen MR) is 164 cm³/mol. The predicted octanol–water partition coefficient (Wildman–Crippen LogP) is 3.72. The first-order valence-corrected chi connectivity index (χ1v) is 15.9. The van der Waals surface area contributed by atoms with E-state index >= 15 is 0 Å². The number of carboxylic acid groups (broad SMARTS) is 1. The summed E-state index contributed by atoms with van der Waals surface area (Å²) in [5.74, 6) is 2.30. The maximum Gasteiger partial charge on any atom is 0.305 e. The first-order valence-electron chi connectivity index (χ1n) is 15.3. The van der Waals surface area contributed by atoms with Gasteiger partial charge in [0.25, 0.3) is 5.91 Å². The maximum atomic E-state index is 12.7. The van der Waals surface area contributed by atoms with Gasteiger partial charge in [0.15, 0.2) is 6.61 Å². The summed E-state index contributed by atoms with van der Waals surface area (Å²) in [6.07, 6.45) is 15.2. The fraction of sp³-hybridized carbons (Fsp3) is 0.750. The van der Waals surface area contributed by atoms with E-state index in [9.17, 15) is 19.5 Å². The van der Waals surface area contributed by atoms with Gasteiger partial charge in [0.1, 0.15) is 11.6 Å². The average Bonchev–Trinajstić information content (AvgIpc) is 3.21. The smallest absolute Gasteiger partial charge is 0.305 e. The number of amides is 2. The molecule has 0 radical (unpaired) electrons. The Labute approximate surface area is 255 Å². The van der Waals surface area contributed by atoms with Crippen molar-refractivity contribution in [2.75, 3.05) is 12.4 Å². The summed E-state index contributed by atoms with van der Waals surface area (Å²) in [7, 11) is 0. The van der Waals surface area contributed by atoms with E-state index < -0.39 is 35.5 Å². The highest BCUT2D eigenvalue weighted by Gasteiger charge is 2.63. The Bertz CT molecular complexity index is 1180. The summed E-state index contributed by atoms with van der Waals surface area (Å²) < 4.78 is 0. The minimum absolute atomic E-state index is 0.0842. The molecule has 0 aliphatic heterocycles. The topological polar surface area (TPSA) is 137 Å². The number of carbonyl (C=O) groups is 3. The van der Waals surface area contributed by atoms with Crippen molar-refractivity contribution >= 4 is 36.1 Å². The van der Waals surface area contributed by atoms with Gasteiger partial charge in [-0.05, 0) is 86.5 Å². The lowest BCUT2D eigenvalue weighted by Crippen LogP contribution is -2.54. The molecular formula is C32H47N3O6S. The molecule has 0 unspecified atom stereocenters. The third-order valence-corrected chi connectivity index (χ3v) is 11.4. The number of fused-ring (bicyclic) bond motifs is 5. The first-order chi connectivity index (χ1) is 19.8. The summed E-state index contributed by atoms with van der Waals surface area (Å²) in [6, 6.07) is -1.48. The standard InChI is InChI=1S/C32H47N3O6S/c1-6-32(40)14-11-25-23-8-7-20-15-21(9-12-30(20,4)24(23)10-13-31(25,32)5)35-41-17-26(36)34-28(19(2)3)29(39)33-22(18-42)16-27(37)38/h1,15,19,22-25,28,40,42H,7-14,16-18H2,2-5H3,(H,33,39)(H,34,36)(H,37,38)/b35-21+/t22-,23-,24+,25+,28-,30+,31+,32-/m1/s1. The fourth-order valence-corrected chi connectivity index (χ4v) is 8.70. The van der Waals surface area contributed by atoms with Gasteiger partial charge in [0, 0.05) is 17.2 Å². The second-order valence-corrected chi connectivity index (χ2v) is 14.0. The minimum atomic E-state index is -1.04. The van der Waals surface area contributed by atoms with E-state index in [0.717, 1.165) is 50.7 Å². The molecule has 0 saturated heterocycles. The number of terminal acetylenes is 1. The van der Waals surface area contributed by atoms with Crippen LogP contribution in [0.25, 0.3) is 0 Å². The molecule has 232 valence electrons. The molecule has 0 aromatic rings. The number of rotatable bonds is 10. The van der Waals surface area contributed by atoms with Gasteiger partial charge in [-0.1, -0.05) is 44.3 Å². The lowest BCUT2D eigenvalue weighted by Gasteiger charge is -2.58. The highest BCUT2D eigenvalue weighted by atomic mass is 32.1. The molecule has 0 aromatic carbocycles. The van der Waals surface area contributed by atoms with Crippen LogP contribution in [0.2, 0.25) is 0 Å². The van der Waals surface area contributed by atoms with Crippen LogP contribution in [0.5, 0.6) is 0 Å². The summed E-state index contributed by atoms with van der Waals surface area (Å²) in [6.45, 7) is 7.87. The molecule has 10 heteroatoms. The van der Waals surface area contributed by atoms with Crippen molar-refractivity contribution in [3.8, 4) is 12.3 Å². The molecule has 0 aromatic heterocycles. The van der Waals surface area contributed by atoms with Gasteiger partial charge in [-0.2, -0.15) is 12.6 Å². The Morgan fingerprint density at radius 2 is 1.86 bits per heavy atom. The number of carboxylic acids is 1. The average molecular weight is 602 g/mol. The number of hydrogen-bond donors (Lipinski definition) is 5. The monoisotopic (exact) mass is 601 g/mol. The number of nitrogens with zero attached hydrogens (tertiary/aromatic N) is 1. The number of carbonyl (C=O) groups excluding carboxylic acids is 2. The van der Waals surface area contributed by atoms with Crippen LogP contribution < -0.4 is 10.6 Å². The van der Waals surface area contributed by atoms with Gasteiger partial charge in [-0.3, -0.25) is 14.4 Å². The molecule has 2 amide bonds. The fourth-order valence-electron chi connectivity index (χ4n) is 8.48. The van der Waals surface area contributed by atoms with E-state index in [-0.39, 0.29) is 35.5 Å². The Morgan fingerprint density at radius 3 is 2.50 bits per heavy atom. The van der Waals surface area contributed by atoms with Crippen molar-refractivity contribution in [3.63, 3.8) is 0 Å². The van der Waals surface area contributed by atoms with E-state index in [1.165, 1.54) is 5.57 Å². The van der Waals surface area contributed by atoms with Crippen molar-refractivity contribution in [2.45, 2.75) is 103 Å². The molecule has 0 heterocycles. The van der Waals surface area contributed by atoms with E-state index in [1.807, 2.05) is 0 Å². The highest BCUT2D eigenvalue weighted by molar-refractivity contribution is 7.80. The highest BCUT2D eigenvalue weighted by Crippen LogP contribution is 2.67. The molecule has 3 fully saturated rings. The lowest BCUT2D eigenvalue weighted by atomic mass is 9.46. The molecule has 0 bridgehead atoms. The Morgan fingerprint density at radius 1 is 1.14 bits per heavy atom. The van der Waals surface area contributed by atoms with Gasteiger partial charge >= 0.3 is 5.97 Å². The molecule has 3 saturated carbocycles. The van der Waals surface area contributed by atoms with E-state index in [1.54, 1.807) is 13.8 Å². The lowest BCUT2D eigenvalue weighted by molar-refractivity contribution is -0.138. The Balaban J connectivity index is 1.35. The molecule has 4 aliphatic rings. The number of allylic oxidation sites excluding steroid dienone is 2. The molecule has 4 N–H and O–H groups in total. The molecule has 4 rings (SSSR count). The molecule has 9 nitrogen and oxygen atoms in total. The molecule has 0 spiro atoms. The van der Waals surface area contributed by atoms with Gasteiger partial charge in [0.2, 0.25) is 5.91 Å². The van der Waals surface area contributed by atoms with E-state index in [0.29, 0.717) is 24.2 Å². The maximum absolute atomic E-state index is 12.7. The number of aliphatic carboxylic acids is 1. The second-order valence-electron chi connectivity index (χ2n) is 13.6. The number of hydrogen-bond acceptors (Lipinski definition) is 7. The number of aliphatic hydroxyl groups is 1.